The third-order valence-corrected chi connectivity index (χ3v) is 5.28. The molecule has 3 aromatic carbocycles. The van der Waals surface area contributed by atoms with Crippen LogP contribution < -0.4 is 10.1 Å². The highest BCUT2D eigenvalue weighted by atomic mass is 16.5. The van der Waals surface area contributed by atoms with Gasteiger partial charge in [0.2, 0.25) is 0 Å². The molecule has 0 atom stereocenters. The lowest BCUT2D eigenvalue weighted by Crippen LogP contribution is -2.15. The molecule has 0 aliphatic heterocycles. The van der Waals surface area contributed by atoms with Crippen LogP contribution in [0.4, 0.5) is 5.69 Å². The van der Waals surface area contributed by atoms with Crippen LogP contribution in [0.5, 0.6) is 5.75 Å². The molecule has 0 unspecified atom stereocenters. The van der Waals surface area contributed by atoms with Gasteiger partial charge in [-0.2, -0.15) is 0 Å². The molecule has 1 heterocycles. The predicted molar refractivity (Wildman–Crippen MR) is 123 cm³/mol. The van der Waals surface area contributed by atoms with Gasteiger partial charge in [0.05, 0.1) is 23.9 Å². The number of para-hydroxylation sites is 1. The number of hydrogen-bond donors (Lipinski definition) is 1. The van der Waals surface area contributed by atoms with Crippen molar-refractivity contribution in [3.05, 3.63) is 89.5 Å². The van der Waals surface area contributed by atoms with E-state index in [4.69, 9.17) is 9.72 Å². The first-order valence-electron chi connectivity index (χ1n) is 9.94. The number of amides is 1. The van der Waals surface area contributed by atoms with E-state index in [1.807, 2.05) is 55.5 Å². The van der Waals surface area contributed by atoms with Gasteiger partial charge in [-0.3, -0.25) is 9.59 Å². The maximum atomic E-state index is 13.3. The molecule has 31 heavy (non-hydrogen) atoms. The quantitative estimate of drug-likeness (QED) is 0.430. The molecule has 1 amide bonds. The van der Waals surface area contributed by atoms with Crippen molar-refractivity contribution in [3.8, 4) is 17.0 Å². The molecule has 0 bridgehead atoms. The van der Waals surface area contributed by atoms with Crippen LogP contribution >= 0.6 is 0 Å². The van der Waals surface area contributed by atoms with Crippen LogP contribution in [-0.4, -0.2) is 23.8 Å². The monoisotopic (exact) mass is 410 g/mol. The van der Waals surface area contributed by atoms with Crippen LogP contribution in [0, 0.1) is 6.92 Å². The molecule has 0 fully saturated rings. The fraction of sp³-hybridized carbons (Fsp3) is 0.115. The minimum absolute atomic E-state index is 0.0158. The molecule has 0 saturated heterocycles. The van der Waals surface area contributed by atoms with Crippen molar-refractivity contribution in [3.63, 3.8) is 0 Å². The molecular weight excluding hydrogens is 388 g/mol. The Balaban J connectivity index is 1.79. The number of pyridine rings is 1. The highest BCUT2D eigenvalue weighted by Crippen LogP contribution is 2.31. The van der Waals surface area contributed by atoms with Gasteiger partial charge in [0, 0.05) is 22.2 Å². The Kier molecular flexibility index (Phi) is 5.50. The number of methoxy groups -OCH3 is 1. The Morgan fingerprint density at radius 2 is 1.58 bits per heavy atom. The van der Waals surface area contributed by atoms with E-state index in [1.165, 1.54) is 6.92 Å². The van der Waals surface area contributed by atoms with E-state index in [9.17, 15) is 9.59 Å². The van der Waals surface area contributed by atoms with E-state index >= 15 is 0 Å². The van der Waals surface area contributed by atoms with Crippen molar-refractivity contribution < 1.29 is 14.3 Å². The predicted octanol–water partition coefficient (Wildman–Crippen LogP) is 5.67. The number of nitrogens with one attached hydrogen (secondary N) is 1. The second-order valence-electron chi connectivity index (χ2n) is 7.29. The van der Waals surface area contributed by atoms with Gasteiger partial charge in [-0.05, 0) is 74.0 Å². The largest absolute Gasteiger partial charge is 0.497 e. The molecule has 154 valence electrons. The van der Waals surface area contributed by atoms with Crippen molar-refractivity contribution >= 4 is 28.3 Å². The number of hydrogen-bond acceptors (Lipinski definition) is 4. The van der Waals surface area contributed by atoms with Crippen molar-refractivity contribution in [2.45, 2.75) is 13.8 Å². The van der Waals surface area contributed by atoms with Crippen LogP contribution in [0.15, 0.2) is 72.8 Å². The SMILES string of the molecule is COc1ccc(-c2nc3ccccc3c(C(=O)Nc3ccc(C(C)=O)cc3)c2C)cc1. The summed E-state index contributed by atoms with van der Waals surface area (Å²) in [5.41, 5.74) is 5.00. The Bertz CT molecular complexity index is 1280. The van der Waals surface area contributed by atoms with E-state index in [1.54, 1.807) is 31.4 Å². The Labute approximate surface area is 180 Å². The molecule has 0 saturated carbocycles. The standard InChI is InChI=1S/C26H22N2O3/c1-16-24(26(30)27-20-12-8-18(9-13-20)17(2)29)22-6-4-5-7-23(22)28-25(16)19-10-14-21(31-3)15-11-19/h4-15H,1-3H3,(H,27,30). The van der Waals surface area contributed by atoms with Gasteiger partial charge in [-0.15, -0.1) is 0 Å². The first-order valence-corrected chi connectivity index (χ1v) is 9.94. The molecule has 1 N–H and O–H groups in total. The summed E-state index contributed by atoms with van der Waals surface area (Å²) in [6.45, 7) is 3.42. The number of ketones is 1. The highest BCUT2D eigenvalue weighted by Gasteiger charge is 2.19. The summed E-state index contributed by atoms with van der Waals surface area (Å²) < 4.78 is 5.25. The molecule has 5 heteroatoms. The zero-order valence-electron chi connectivity index (χ0n) is 17.6. The zero-order valence-corrected chi connectivity index (χ0v) is 17.6. The maximum absolute atomic E-state index is 13.3. The van der Waals surface area contributed by atoms with Crippen molar-refractivity contribution in [1.29, 1.82) is 0 Å². The van der Waals surface area contributed by atoms with Crippen molar-refractivity contribution in [2.24, 2.45) is 0 Å². The van der Waals surface area contributed by atoms with Gasteiger partial charge >= 0.3 is 0 Å². The summed E-state index contributed by atoms with van der Waals surface area (Å²) in [4.78, 5) is 29.7. The first-order chi connectivity index (χ1) is 15.0. The lowest BCUT2D eigenvalue weighted by molar-refractivity contribution is 0.101. The number of benzene rings is 3. The molecule has 0 aliphatic carbocycles. The lowest BCUT2D eigenvalue weighted by Gasteiger charge is -2.15. The van der Waals surface area contributed by atoms with Crippen LogP contribution in [-0.2, 0) is 0 Å². The normalized spacial score (nSPS) is 10.7. The van der Waals surface area contributed by atoms with Gasteiger partial charge in [0.25, 0.3) is 5.91 Å². The van der Waals surface area contributed by atoms with Crippen LogP contribution in [0.25, 0.3) is 22.2 Å². The fourth-order valence-electron chi connectivity index (χ4n) is 3.61. The summed E-state index contributed by atoms with van der Waals surface area (Å²) >= 11 is 0. The van der Waals surface area contributed by atoms with Gasteiger partial charge < -0.3 is 10.1 Å². The highest BCUT2D eigenvalue weighted by molar-refractivity contribution is 6.14. The second kappa shape index (κ2) is 8.40. The number of ether oxygens (including phenoxy) is 1. The first kappa shape index (κ1) is 20.3. The molecule has 0 aliphatic rings. The zero-order chi connectivity index (χ0) is 22.0. The molecule has 1 aromatic heterocycles. The molecule has 4 rings (SSSR count). The number of fused-ring (bicyclic) bond motifs is 1. The smallest absolute Gasteiger partial charge is 0.256 e. The summed E-state index contributed by atoms with van der Waals surface area (Å²) in [6, 6.07) is 22.1. The van der Waals surface area contributed by atoms with Crippen molar-refractivity contribution in [1.82, 2.24) is 4.98 Å². The number of nitrogens with zero attached hydrogens (tertiary/aromatic N) is 1. The van der Waals surface area contributed by atoms with Crippen LogP contribution in [0.3, 0.4) is 0 Å². The maximum Gasteiger partial charge on any atom is 0.256 e. The summed E-state index contributed by atoms with van der Waals surface area (Å²) in [6.07, 6.45) is 0. The van der Waals surface area contributed by atoms with E-state index in [2.05, 4.69) is 5.32 Å². The number of aromatic nitrogens is 1. The Hall–Kier alpha value is -3.99. The fourth-order valence-corrected chi connectivity index (χ4v) is 3.61. The van der Waals surface area contributed by atoms with Gasteiger partial charge in [-0.1, -0.05) is 18.2 Å². The minimum atomic E-state index is -0.221. The average Bonchev–Trinajstić information content (AvgIpc) is 2.79. The van der Waals surface area contributed by atoms with Crippen LogP contribution in [0.1, 0.15) is 33.2 Å². The topological polar surface area (TPSA) is 68.3 Å². The number of carbonyl (C=O) groups excluding carboxylic acids is 2. The summed E-state index contributed by atoms with van der Waals surface area (Å²) in [5.74, 6) is 0.522. The molecule has 0 radical (unpaired) electrons. The van der Waals surface area contributed by atoms with E-state index < -0.39 is 0 Å². The van der Waals surface area contributed by atoms with Gasteiger partial charge in [0.15, 0.2) is 5.78 Å². The molecular formula is C26H22N2O3. The van der Waals surface area contributed by atoms with Gasteiger partial charge in [0.1, 0.15) is 5.75 Å². The van der Waals surface area contributed by atoms with E-state index in [-0.39, 0.29) is 11.7 Å². The Morgan fingerprint density at radius 3 is 2.23 bits per heavy atom. The molecule has 0 spiro atoms. The van der Waals surface area contributed by atoms with Crippen LogP contribution in [0.2, 0.25) is 0 Å². The number of rotatable bonds is 5. The lowest BCUT2D eigenvalue weighted by atomic mass is 9.97. The van der Waals surface area contributed by atoms with Crippen molar-refractivity contribution in [2.75, 3.05) is 12.4 Å². The third-order valence-electron chi connectivity index (χ3n) is 5.28. The second-order valence-corrected chi connectivity index (χ2v) is 7.29. The Morgan fingerprint density at radius 1 is 0.903 bits per heavy atom. The summed E-state index contributed by atoms with van der Waals surface area (Å²) in [5, 5.41) is 3.74. The number of carbonyl (C=O) groups is 2. The molecule has 4 aromatic rings. The van der Waals surface area contributed by atoms with Gasteiger partial charge in [-0.25, -0.2) is 4.98 Å². The van der Waals surface area contributed by atoms with E-state index in [0.717, 1.165) is 33.5 Å². The summed E-state index contributed by atoms with van der Waals surface area (Å²) in [7, 11) is 1.62. The molecule has 5 nitrogen and oxygen atoms in total. The number of Topliss-reactive ketones (excluding diaryl/α,β-unsaturated/α-hetero) is 1. The number of anilines is 1. The third kappa shape index (κ3) is 4.03. The van der Waals surface area contributed by atoms with E-state index in [0.29, 0.717) is 16.8 Å². The minimum Gasteiger partial charge on any atom is -0.497 e. The average molecular weight is 410 g/mol.